The molecule has 2 aromatic carbocycles. The maximum atomic E-state index is 13.5. The van der Waals surface area contributed by atoms with Crippen LogP contribution in [0, 0.1) is 5.82 Å². The van der Waals surface area contributed by atoms with Crippen LogP contribution < -0.4 is 10.1 Å². The third kappa shape index (κ3) is 4.58. The number of aliphatic hydroxyl groups is 1. The lowest BCUT2D eigenvalue weighted by atomic mass is 10.0. The average Bonchev–Trinajstić information content (AvgIpc) is 3.16. The Bertz CT molecular complexity index is 1000. The summed E-state index contributed by atoms with van der Waals surface area (Å²) in [6, 6.07) is 10.7. The Labute approximate surface area is 172 Å². The van der Waals surface area contributed by atoms with E-state index in [0.29, 0.717) is 29.0 Å². The molecular weight excluding hydrogens is 399 g/mol. The second-order valence-electron chi connectivity index (χ2n) is 6.36. The quantitative estimate of drug-likeness (QED) is 0.597. The molecule has 0 aliphatic carbocycles. The zero-order chi connectivity index (χ0) is 21.0. The number of carbonyl (C=O) groups excluding carboxylic acids is 1. The van der Waals surface area contributed by atoms with Gasteiger partial charge in [-0.2, -0.15) is 0 Å². The van der Waals surface area contributed by atoms with Crippen LogP contribution in [0.4, 0.5) is 4.39 Å². The number of methoxy groups -OCH3 is 1. The third-order valence-electron chi connectivity index (χ3n) is 4.43. The van der Waals surface area contributed by atoms with Gasteiger partial charge in [-0.25, -0.2) is 4.39 Å². The smallest absolute Gasteiger partial charge is 0.257 e. The van der Waals surface area contributed by atoms with Crippen molar-refractivity contribution in [2.75, 3.05) is 13.7 Å². The van der Waals surface area contributed by atoms with Gasteiger partial charge in [-0.15, -0.1) is 0 Å². The van der Waals surface area contributed by atoms with Crippen LogP contribution in [0.15, 0.2) is 47.0 Å². The average molecular weight is 419 g/mol. The van der Waals surface area contributed by atoms with Crippen molar-refractivity contribution in [2.45, 2.75) is 19.4 Å². The van der Waals surface area contributed by atoms with Crippen molar-refractivity contribution in [1.82, 2.24) is 10.5 Å². The van der Waals surface area contributed by atoms with Gasteiger partial charge in [0.1, 0.15) is 22.8 Å². The lowest BCUT2D eigenvalue weighted by Gasteiger charge is -2.11. The van der Waals surface area contributed by atoms with E-state index in [4.69, 9.17) is 20.9 Å². The van der Waals surface area contributed by atoms with Gasteiger partial charge in [-0.05, 0) is 48.9 Å². The Kier molecular flexibility index (Phi) is 6.51. The van der Waals surface area contributed by atoms with Crippen LogP contribution in [0.3, 0.4) is 0 Å². The van der Waals surface area contributed by atoms with Crippen LogP contribution in [-0.2, 0) is 0 Å². The molecule has 8 heteroatoms. The number of hydrogen-bond donors (Lipinski definition) is 2. The van der Waals surface area contributed by atoms with E-state index in [1.165, 1.54) is 12.1 Å². The Balaban J connectivity index is 2.08. The number of aromatic nitrogens is 1. The molecule has 2 N–H and O–H groups in total. The van der Waals surface area contributed by atoms with E-state index in [1.54, 1.807) is 31.4 Å². The molecule has 1 aromatic heterocycles. The molecule has 1 heterocycles. The van der Waals surface area contributed by atoms with Crippen LogP contribution in [0.2, 0.25) is 5.02 Å². The van der Waals surface area contributed by atoms with Crippen LogP contribution >= 0.6 is 11.6 Å². The largest absolute Gasteiger partial charge is 0.497 e. The molecule has 3 rings (SSSR count). The SMILES string of the molecule is CCC(O)CNC(=O)c1c(-c2ccc(OC)cc2)noc1-c1ccc(F)cc1Cl. The third-order valence-corrected chi connectivity index (χ3v) is 4.74. The Hall–Kier alpha value is -2.90. The molecule has 3 aromatic rings. The van der Waals surface area contributed by atoms with Crippen molar-refractivity contribution in [2.24, 2.45) is 0 Å². The van der Waals surface area contributed by atoms with E-state index in [0.717, 1.165) is 6.07 Å². The summed E-state index contributed by atoms with van der Waals surface area (Å²) in [4.78, 5) is 13.0. The molecule has 1 unspecified atom stereocenters. The van der Waals surface area contributed by atoms with Gasteiger partial charge in [0.15, 0.2) is 5.76 Å². The second kappa shape index (κ2) is 9.07. The summed E-state index contributed by atoms with van der Waals surface area (Å²) in [5.41, 5.74) is 1.40. The minimum absolute atomic E-state index is 0.0686. The minimum atomic E-state index is -0.680. The second-order valence-corrected chi connectivity index (χ2v) is 6.77. The van der Waals surface area contributed by atoms with Gasteiger partial charge < -0.3 is 19.7 Å². The molecule has 0 spiro atoms. The van der Waals surface area contributed by atoms with Crippen LogP contribution in [-0.4, -0.2) is 35.9 Å². The molecule has 1 atom stereocenters. The van der Waals surface area contributed by atoms with Crippen molar-refractivity contribution in [3.05, 3.63) is 58.9 Å². The molecular formula is C21H20ClFN2O4. The van der Waals surface area contributed by atoms with Crippen molar-refractivity contribution >= 4 is 17.5 Å². The summed E-state index contributed by atoms with van der Waals surface area (Å²) in [6.45, 7) is 1.88. The molecule has 0 radical (unpaired) electrons. The molecule has 0 saturated carbocycles. The number of rotatable bonds is 7. The highest BCUT2D eigenvalue weighted by Crippen LogP contribution is 2.36. The summed E-state index contributed by atoms with van der Waals surface area (Å²) in [6.07, 6.45) is -0.188. The van der Waals surface area contributed by atoms with Gasteiger partial charge in [0.25, 0.3) is 5.91 Å². The van der Waals surface area contributed by atoms with Crippen molar-refractivity contribution in [3.8, 4) is 28.3 Å². The molecule has 0 aliphatic rings. The number of carbonyl (C=O) groups is 1. The first-order valence-electron chi connectivity index (χ1n) is 9.00. The first-order valence-corrected chi connectivity index (χ1v) is 9.38. The van der Waals surface area contributed by atoms with Gasteiger partial charge in [-0.3, -0.25) is 4.79 Å². The van der Waals surface area contributed by atoms with Gasteiger partial charge >= 0.3 is 0 Å². The van der Waals surface area contributed by atoms with E-state index < -0.39 is 17.8 Å². The van der Waals surface area contributed by atoms with Crippen molar-refractivity contribution in [3.63, 3.8) is 0 Å². The molecule has 0 bridgehead atoms. The zero-order valence-corrected chi connectivity index (χ0v) is 16.7. The standard InChI is InChI=1S/C21H20ClFN2O4/c1-3-14(26)11-24-21(27)18-19(12-4-7-15(28-2)8-5-12)25-29-20(18)16-9-6-13(23)10-17(16)22/h4-10,14,26H,3,11H2,1-2H3,(H,24,27). The highest BCUT2D eigenvalue weighted by Gasteiger charge is 2.26. The van der Waals surface area contributed by atoms with Crippen LogP contribution in [0.5, 0.6) is 5.75 Å². The fourth-order valence-electron chi connectivity index (χ4n) is 2.75. The minimum Gasteiger partial charge on any atom is -0.497 e. The lowest BCUT2D eigenvalue weighted by molar-refractivity contribution is 0.0914. The van der Waals surface area contributed by atoms with Crippen LogP contribution in [0.25, 0.3) is 22.6 Å². The van der Waals surface area contributed by atoms with E-state index in [1.807, 2.05) is 6.92 Å². The number of halogens is 2. The number of nitrogens with zero attached hydrogens (tertiary/aromatic N) is 1. The highest BCUT2D eigenvalue weighted by molar-refractivity contribution is 6.33. The van der Waals surface area contributed by atoms with Gasteiger partial charge in [0.05, 0.1) is 18.2 Å². The first kappa shape index (κ1) is 20.8. The number of amides is 1. The summed E-state index contributed by atoms with van der Waals surface area (Å²) in [5.74, 6) is -0.230. The maximum absolute atomic E-state index is 13.5. The predicted octanol–water partition coefficient (Wildman–Crippen LogP) is 4.31. The molecule has 0 aliphatic heterocycles. The number of benzene rings is 2. The molecule has 6 nitrogen and oxygen atoms in total. The van der Waals surface area contributed by atoms with Gasteiger partial charge in [0.2, 0.25) is 0 Å². The lowest BCUT2D eigenvalue weighted by Crippen LogP contribution is -2.32. The number of hydrogen-bond acceptors (Lipinski definition) is 5. The molecule has 0 fully saturated rings. The Morgan fingerprint density at radius 2 is 2.03 bits per heavy atom. The summed E-state index contributed by atoms with van der Waals surface area (Å²) in [5, 5.41) is 16.6. The summed E-state index contributed by atoms with van der Waals surface area (Å²) in [7, 11) is 1.55. The Morgan fingerprint density at radius 1 is 1.31 bits per heavy atom. The van der Waals surface area contributed by atoms with Gasteiger partial charge in [0, 0.05) is 17.7 Å². The number of nitrogens with one attached hydrogen (secondary N) is 1. The highest BCUT2D eigenvalue weighted by atomic mass is 35.5. The fraction of sp³-hybridized carbons (Fsp3) is 0.238. The van der Waals surface area contributed by atoms with E-state index >= 15 is 0 Å². The monoisotopic (exact) mass is 418 g/mol. The van der Waals surface area contributed by atoms with Crippen molar-refractivity contribution in [1.29, 1.82) is 0 Å². The topological polar surface area (TPSA) is 84.6 Å². The maximum Gasteiger partial charge on any atom is 0.257 e. The molecule has 152 valence electrons. The molecule has 29 heavy (non-hydrogen) atoms. The number of ether oxygens (including phenoxy) is 1. The zero-order valence-electron chi connectivity index (χ0n) is 15.9. The van der Waals surface area contributed by atoms with Crippen molar-refractivity contribution < 1.29 is 23.6 Å². The summed E-state index contributed by atoms with van der Waals surface area (Å²) >= 11 is 6.17. The summed E-state index contributed by atoms with van der Waals surface area (Å²) < 4.78 is 24.1. The van der Waals surface area contributed by atoms with E-state index in [9.17, 15) is 14.3 Å². The Morgan fingerprint density at radius 3 is 2.66 bits per heavy atom. The first-order chi connectivity index (χ1) is 13.9. The predicted molar refractivity (Wildman–Crippen MR) is 108 cm³/mol. The van der Waals surface area contributed by atoms with Crippen LogP contribution in [0.1, 0.15) is 23.7 Å². The molecule has 0 saturated heterocycles. The normalized spacial score (nSPS) is 11.9. The van der Waals surface area contributed by atoms with Gasteiger partial charge in [-0.1, -0.05) is 23.7 Å². The van der Waals surface area contributed by atoms with E-state index in [-0.39, 0.29) is 22.9 Å². The van der Waals surface area contributed by atoms with E-state index in [2.05, 4.69) is 10.5 Å². The molecule has 1 amide bonds. The number of aliphatic hydroxyl groups excluding tert-OH is 1. The fourth-order valence-corrected chi connectivity index (χ4v) is 3.00.